The molecule has 0 aliphatic heterocycles. The first-order chi connectivity index (χ1) is 9.27. The van der Waals surface area contributed by atoms with Gasteiger partial charge in [-0.1, -0.05) is 25.7 Å². The molecule has 0 atom stereocenters. The van der Waals surface area contributed by atoms with Gasteiger partial charge in [0, 0.05) is 23.9 Å². The van der Waals surface area contributed by atoms with Gasteiger partial charge in [-0.25, -0.2) is 4.79 Å². The number of aromatic carboxylic acids is 1. The standard InChI is InChI=1S/C15H17NO4/c1-15(2)7-10(5-11(17)8-15)16-9-3-4-13(18)12(6-9)14(19)20/h3-6,16,18H,7-8H2,1-2H3,(H,19,20)/p-1. The van der Waals surface area contributed by atoms with Crippen molar-refractivity contribution in [2.45, 2.75) is 26.7 Å². The molecular formula is C15H16NO4-. The number of allylic oxidation sites excluding steroid dienone is 2. The van der Waals surface area contributed by atoms with E-state index in [0.29, 0.717) is 18.5 Å². The summed E-state index contributed by atoms with van der Waals surface area (Å²) in [5.74, 6) is -1.74. The number of benzene rings is 1. The molecule has 1 aliphatic carbocycles. The van der Waals surface area contributed by atoms with Crippen molar-refractivity contribution in [1.29, 1.82) is 0 Å². The average Bonchev–Trinajstić information content (AvgIpc) is 2.28. The topological polar surface area (TPSA) is 89.5 Å². The number of rotatable bonds is 3. The number of carbonyl (C=O) groups is 2. The molecule has 0 bridgehead atoms. The number of hydrogen-bond donors (Lipinski definition) is 2. The van der Waals surface area contributed by atoms with Gasteiger partial charge in [0.1, 0.15) is 0 Å². The molecule has 2 rings (SSSR count). The minimum absolute atomic E-state index is 0.0441. The van der Waals surface area contributed by atoms with Gasteiger partial charge in [-0.05, 0) is 24.0 Å². The Kier molecular flexibility index (Phi) is 3.53. The summed E-state index contributed by atoms with van der Waals surface area (Å²) in [7, 11) is 0. The maximum Gasteiger partial charge on any atom is 0.335 e. The van der Waals surface area contributed by atoms with Gasteiger partial charge in [-0.15, -0.1) is 0 Å². The lowest BCUT2D eigenvalue weighted by atomic mass is 9.79. The van der Waals surface area contributed by atoms with Crippen molar-refractivity contribution in [3.8, 4) is 5.75 Å². The van der Waals surface area contributed by atoms with Crippen LogP contribution in [0.5, 0.6) is 5.75 Å². The Morgan fingerprint density at radius 3 is 2.65 bits per heavy atom. The van der Waals surface area contributed by atoms with Crippen LogP contribution in [0.4, 0.5) is 5.69 Å². The summed E-state index contributed by atoms with van der Waals surface area (Å²) in [5.41, 5.74) is 0.833. The molecule has 1 aromatic rings. The van der Waals surface area contributed by atoms with Crippen molar-refractivity contribution in [2.75, 3.05) is 5.32 Å². The van der Waals surface area contributed by atoms with E-state index in [-0.39, 0.29) is 16.8 Å². The lowest BCUT2D eigenvalue weighted by Gasteiger charge is -2.29. The molecule has 5 nitrogen and oxygen atoms in total. The van der Waals surface area contributed by atoms with Crippen LogP contribution in [0.25, 0.3) is 0 Å². The summed E-state index contributed by atoms with van der Waals surface area (Å²) < 4.78 is 0. The largest absolute Gasteiger partial charge is 0.872 e. The lowest BCUT2D eigenvalue weighted by Crippen LogP contribution is -2.24. The van der Waals surface area contributed by atoms with Crippen LogP contribution in [0.2, 0.25) is 0 Å². The quantitative estimate of drug-likeness (QED) is 0.881. The second-order valence-corrected chi connectivity index (χ2v) is 5.79. The van der Waals surface area contributed by atoms with E-state index in [0.717, 1.165) is 5.70 Å². The highest BCUT2D eigenvalue weighted by molar-refractivity contribution is 5.93. The molecule has 5 heteroatoms. The van der Waals surface area contributed by atoms with Crippen LogP contribution >= 0.6 is 0 Å². The van der Waals surface area contributed by atoms with Crippen molar-refractivity contribution in [3.05, 3.63) is 35.5 Å². The number of hydrogen-bond acceptors (Lipinski definition) is 4. The molecule has 106 valence electrons. The molecule has 0 unspecified atom stereocenters. The summed E-state index contributed by atoms with van der Waals surface area (Å²) >= 11 is 0. The SMILES string of the molecule is CC1(C)CC(=O)C=C(Nc2ccc([O-])c(C(=O)O)c2)C1. The Hall–Kier alpha value is -2.30. The van der Waals surface area contributed by atoms with E-state index in [1.54, 1.807) is 0 Å². The molecular weight excluding hydrogens is 258 g/mol. The van der Waals surface area contributed by atoms with Crippen LogP contribution in [0.3, 0.4) is 0 Å². The van der Waals surface area contributed by atoms with Crippen LogP contribution in [-0.4, -0.2) is 16.9 Å². The molecule has 20 heavy (non-hydrogen) atoms. The summed E-state index contributed by atoms with van der Waals surface area (Å²) in [6.07, 6.45) is 2.73. The maximum atomic E-state index is 11.6. The van der Waals surface area contributed by atoms with Gasteiger partial charge in [-0.2, -0.15) is 0 Å². The van der Waals surface area contributed by atoms with E-state index in [1.165, 1.54) is 24.3 Å². The van der Waals surface area contributed by atoms with E-state index >= 15 is 0 Å². The van der Waals surface area contributed by atoms with E-state index in [9.17, 15) is 14.7 Å². The Morgan fingerprint density at radius 1 is 1.35 bits per heavy atom. The van der Waals surface area contributed by atoms with Crippen LogP contribution in [0.15, 0.2) is 30.0 Å². The number of ketones is 1. The lowest BCUT2D eigenvalue weighted by molar-refractivity contribution is -0.268. The maximum absolute atomic E-state index is 11.6. The fraction of sp³-hybridized carbons (Fsp3) is 0.333. The Morgan fingerprint density at radius 2 is 2.05 bits per heavy atom. The third-order valence-corrected chi connectivity index (χ3v) is 3.17. The van der Waals surface area contributed by atoms with E-state index in [4.69, 9.17) is 5.11 Å². The highest BCUT2D eigenvalue weighted by Gasteiger charge is 2.27. The zero-order chi connectivity index (χ0) is 14.9. The molecule has 2 N–H and O–H groups in total. The molecule has 0 heterocycles. The first-order valence-electron chi connectivity index (χ1n) is 6.32. The second kappa shape index (κ2) is 5.00. The highest BCUT2D eigenvalue weighted by Crippen LogP contribution is 2.34. The van der Waals surface area contributed by atoms with Gasteiger partial charge in [0.25, 0.3) is 0 Å². The number of carboxylic acids is 1. The minimum Gasteiger partial charge on any atom is -0.872 e. The van der Waals surface area contributed by atoms with Crippen LogP contribution in [0, 0.1) is 5.41 Å². The molecule has 0 saturated heterocycles. The van der Waals surface area contributed by atoms with Gasteiger partial charge >= 0.3 is 5.97 Å². The number of nitrogens with one attached hydrogen (secondary N) is 1. The summed E-state index contributed by atoms with van der Waals surface area (Å²) in [5, 5.41) is 23.3. The first-order valence-corrected chi connectivity index (χ1v) is 6.32. The molecule has 0 saturated carbocycles. The molecule has 0 spiro atoms. The van der Waals surface area contributed by atoms with Crippen molar-refractivity contribution < 1.29 is 19.8 Å². The molecule has 0 radical (unpaired) electrons. The Labute approximate surface area is 116 Å². The predicted molar refractivity (Wildman–Crippen MR) is 72.6 cm³/mol. The smallest absolute Gasteiger partial charge is 0.335 e. The van der Waals surface area contributed by atoms with E-state index < -0.39 is 11.7 Å². The van der Waals surface area contributed by atoms with Gasteiger partial charge in [0.2, 0.25) is 0 Å². The zero-order valence-electron chi connectivity index (χ0n) is 11.4. The number of anilines is 1. The Balaban J connectivity index is 2.24. The van der Waals surface area contributed by atoms with Crippen LogP contribution in [0.1, 0.15) is 37.0 Å². The monoisotopic (exact) mass is 274 g/mol. The Bertz CT molecular complexity index is 602. The molecule has 0 amide bonds. The zero-order valence-corrected chi connectivity index (χ0v) is 11.4. The van der Waals surface area contributed by atoms with Gasteiger partial charge in [0.05, 0.1) is 5.56 Å². The van der Waals surface area contributed by atoms with Gasteiger partial charge in [-0.3, -0.25) is 4.79 Å². The number of carbonyl (C=O) groups excluding carboxylic acids is 1. The molecule has 0 fully saturated rings. The second-order valence-electron chi connectivity index (χ2n) is 5.79. The fourth-order valence-corrected chi connectivity index (χ4v) is 2.39. The van der Waals surface area contributed by atoms with Gasteiger partial charge < -0.3 is 15.5 Å². The number of carboxylic acid groups (broad SMARTS) is 1. The summed E-state index contributed by atoms with van der Waals surface area (Å²) in [4.78, 5) is 22.6. The third-order valence-electron chi connectivity index (χ3n) is 3.17. The van der Waals surface area contributed by atoms with Crippen molar-refractivity contribution in [1.82, 2.24) is 0 Å². The normalized spacial score (nSPS) is 17.5. The van der Waals surface area contributed by atoms with Crippen molar-refractivity contribution >= 4 is 17.4 Å². The summed E-state index contributed by atoms with van der Waals surface area (Å²) in [6.45, 7) is 4.01. The van der Waals surface area contributed by atoms with Gasteiger partial charge in [0.15, 0.2) is 5.78 Å². The van der Waals surface area contributed by atoms with Crippen molar-refractivity contribution in [2.24, 2.45) is 5.41 Å². The first kappa shape index (κ1) is 14.1. The third kappa shape index (κ3) is 3.17. The average molecular weight is 274 g/mol. The highest BCUT2D eigenvalue weighted by atomic mass is 16.4. The van der Waals surface area contributed by atoms with E-state index in [1.807, 2.05) is 13.8 Å². The minimum atomic E-state index is -1.26. The molecule has 0 aromatic heterocycles. The van der Waals surface area contributed by atoms with E-state index in [2.05, 4.69) is 5.32 Å². The summed E-state index contributed by atoms with van der Waals surface area (Å²) in [6, 6.07) is 4.02. The van der Waals surface area contributed by atoms with Crippen LogP contribution in [-0.2, 0) is 4.79 Å². The molecule has 1 aliphatic rings. The molecule has 1 aromatic carbocycles. The predicted octanol–water partition coefficient (Wildman–Crippen LogP) is 2.14. The van der Waals surface area contributed by atoms with Crippen molar-refractivity contribution in [3.63, 3.8) is 0 Å². The van der Waals surface area contributed by atoms with Crippen LogP contribution < -0.4 is 10.4 Å². The fourth-order valence-electron chi connectivity index (χ4n) is 2.39.